The quantitative estimate of drug-likeness (QED) is 0.660. The Bertz CT molecular complexity index is 634. The highest BCUT2D eigenvalue weighted by molar-refractivity contribution is 5.94. The lowest BCUT2D eigenvalue weighted by atomic mass is 9.89. The Balaban J connectivity index is 1.43. The van der Waals surface area contributed by atoms with Crippen LogP contribution in [0.5, 0.6) is 0 Å². The van der Waals surface area contributed by atoms with Gasteiger partial charge in [0.05, 0.1) is 25.2 Å². The summed E-state index contributed by atoms with van der Waals surface area (Å²) in [5.41, 5.74) is 0.524. The predicted molar refractivity (Wildman–Crippen MR) is 105 cm³/mol. The van der Waals surface area contributed by atoms with Crippen LogP contribution in [0.25, 0.3) is 0 Å². The van der Waals surface area contributed by atoms with Crippen LogP contribution in [0.1, 0.15) is 61.7 Å². The average molecular weight is 389 g/mol. The van der Waals surface area contributed by atoms with Crippen LogP contribution in [0, 0.1) is 5.92 Å². The van der Waals surface area contributed by atoms with E-state index in [0.29, 0.717) is 30.7 Å². The first-order valence-corrected chi connectivity index (χ1v) is 10.4. The lowest BCUT2D eigenvalue weighted by Crippen LogP contribution is -2.51. The van der Waals surface area contributed by atoms with Gasteiger partial charge in [0.15, 0.2) is 0 Å². The third kappa shape index (κ3) is 6.01. The number of carbonyl (C=O) groups is 2. The van der Waals surface area contributed by atoms with Gasteiger partial charge in [0.1, 0.15) is 6.10 Å². The maximum Gasteiger partial charge on any atom is 0.251 e. The van der Waals surface area contributed by atoms with Crippen molar-refractivity contribution >= 4 is 11.8 Å². The number of nitrogens with one attached hydrogen (secondary N) is 2. The molecule has 2 heterocycles. The predicted octanol–water partition coefficient (Wildman–Crippen LogP) is 1.81. The van der Waals surface area contributed by atoms with E-state index in [9.17, 15) is 14.7 Å². The van der Waals surface area contributed by atoms with Gasteiger partial charge in [-0.3, -0.25) is 14.6 Å². The van der Waals surface area contributed by atoms with Crippen molar-refractivity contribution in [1.29, 1.82) is 0 Å². The third-order valence-corrected chi connectivity index (χ3v) is 5.78. The van der Waals surface area contributed by atoms with Gasteiger partial charge in [-0.15, -0.1) is 0 Å². The molecule has 3 N–H and O–H groups in total. The van der Waals surface area contributed by atoms with Crippen LogP contribution in [-0.2, 0) is 9.53 Å². The Morgan fingerprint density at radius 1 is 1.11 bits per heavy atom. The van der Waals surface area contributed by atoms with Gasteiger partial charge >= 0.3 is 0 Å². The van der Waals surface area contributed by atoms with Gasteiger partial charge in [0, 0.05) is 24.5 Å². The van der Waals surface area contributed by atoms with Crippen molar-refractivity contribution in [1.82, 2.24) is 15.6 Å². The Hall–Kier alpha value is -1.99. The number of carbonyl (C=O) groups excluding carboxylic acids is 2. The first-order valence-electron chi connectivity index (χ1n) is 10.4. The highest BCUT2D eigenvalue weighted by atomic mass is 16.5. The maximum atomic E-state index is 12.3. The topological polar surface area (TPSA) is 101 Å². The molecule has 1 aromatic rings. The normalized spacial score (nSPS) is 25.8. The summed E-state index contributed by atoms with van der Waals surface area (Å²) >= 11 is 0. The first-order chi connectivity index (χ1) is 13.7. The van der Waals surface area contributed by atoms with Gasteiger partial charge in [0.2, 0.25) is 5.91 Å². The molecular formula is C21H31N3O4. The molecule has 28 heavy (non-hydrogen) atoms. The SMILES string of the molecule is O=C(C[C@H]1CC[C@@H](NC(=O)c2ccncc2)[C@H](CO)O1)NCC1CCCCC1. The summed E-state index contributed by atoms with van der Waals surface area (Å²) in [6.07, 6.45) is 10.3. The van der Waals surface area contributed by atoms with E-state index in [1.54, 1.807) is 24.5 Å². The molecule has 1 saturated heterocycles. The van der Waals surface area contributed by atoms with Gasteiger partial charge < -0.3 is 20.5 Å². The molecule has 7 heteroatoms. The van der Waals surface area contributed by atoms with Crippen molar-refractivity contribution in [2.24, 2.45) is 5.92 Å². The maximum absolute atomic E-state index is 12.3. The molecule has 1 aromatic heterocycles. The molecule has 2 aliphatic rings. The molecule has 1 aliphatic heterocycles. The number of hydrogen-bond acceptors (Lipinski definition) is 5. The summed E-state index contributed by atoms with van der Waals surface area (Å²) in [6, 6.07) is 3.02. The average Bonchev–Trinajstić information content (AvgIpc) is 2.74. The molecule has 3 atom stereocenters. The minimum atomic E-state index is -0.504. The standard InChI is InChI=1S/C21H31N3O4/c25-14-19-18(24-21(27)16-8-10-22-11-9-16)7-6-17(28-19)12-20(26)23-13-15-4-2-1-3-5-15/h8-11,15,17-19,25H,1-7,12-14H2,(H,23,26)(H,24,27)/t17-,18-,19+/m1/s1. The Labute approximate surface area is 166 Å². The van der Waals surface area contributed by atoms with Gasteiger partial charge in [-0.05, 0) is 43.7 Å². The first kappa shape index (κ1) is 20.7. The van der Waals surface area contributed by atoms with Crippen molar-refractivity contribution in [3.05, 3.63) is 30.1 Å². The minimum absolute atomic E-state index is 0.00605. The third-order valence-electron chi connectivity index (χ3n) is 5.78. The second kappa shape index (κ2) is 10.5. The van der Waals surface area contributed by atoms with E-state index in [4.69, 9.17) is 4.74 Å². The van der Waals surface area contributed by atoms with E-state index in [-0.39, 0.29) is 30.6 Å². The molecule has 7 nitrogen and oxygen atoms in total. The van der Waals surface area contributed by atoms with Crippen molar-refractivity contribution in [2.75, 3.05) is 13.2 Å². The van der Waals surface area contributed by atoms with Crippen LogP contribution < -0.4 is 10.6 Å². The molecule has 154 valence electrons. The fourth-order valence-electron chi connectivity index (χ4n) is 4.13. The van der Waals surface area contributed by atoms with Crippen LogP contribution in [0.3, 0.4) is 0 Å². The van der Waals surface area contributed by atoms with Crippen molar-refractivity contribution in [2.45, 2.75) is 69.6 Å². The fourth-order valence-corrected chi connectivity index (χ4v) is 4.13. The molecule has 2 amide bonds. The van der Waals surface area contributed by atoms with Crippen LogP contribution in [0.15, 0.2) is 24.5 Å². The van der Waals surface area contributed by atoms with E-state index in [0.717, 1.165) is 6.54 Å². The van der Waals surface area contributed by atoms with Gasteiger partial charge in [-0.1, -0.05) is 19.3 Å². The summed E-state index contributed by atoms with van der Waals surface area (Å²) in [7, 11) is 0. The van der Waals surface area contributed by atoms with E-state index < -0.39 is 6.10 Å². The number of pyridine rings is 1. The molecule has 0 aromatic carbocycles. The van der Waals surface area contributed by atoms with Crippen LogP contribution in [0.2, 0.25) is 0 Å². The molecule has 0 radical (unpaired) electrons. The van der Waals surface area contributed by atoms with E-state index in [1.165, 1.54) is 32.1 Å². The highest BCUT2D eigenvalue weighted by Gasteiger charge is 2.33. The van der Waals surface area contributed by atoms with E-state index >= 15 is 0 Å². The fraction of sp³-hybridized carbons (Fsp3) is 0.667. The monoisotopic (exact) mass is 389 g/mol. The second-order valence-electron chi connectivity index (χ2n) is 7.88. The number of rotatable bonds is 7. The number of aliphatic hydroxyl groups is 1. The number of hydrogen-bond donors (Lipinski definition) is 3. The molecular weight excluding hydrogens is 358 g/mol. The van der Waals surface area contributed by atoms with E-state index in [2.05, 4.69) is 15.6 Å². The van der Waals surface area contributed by atoms with Crippen LogP contribution in [0.4, 0.5) is 0 Å². The van der Waals surface area contributed by atoms with Crippen molar-refractivity contribution < 1.29 is 19.4 Å². The zero-order chi connectivity index (χ0) is 19.8. The van der Waals surface area contributed by atoms with Crippen LogP contribution >= 0.6 is 0 Å². The van der Waals surface area contributed by atoms with Crippen LogP contribution in [-0.4, -0.2) is 53.3 Å². The molecule has 0 spiro atoms. The Morgan fingerprint density at radius 3 is 2.57 bits per heavy atom. The number of aliphatic hydroxyl groups excluding tert-OH is 1. The lowest BCUT2D eigenvalue weighted by Gasteiger charge is -2.36. The Morgan fingerprint density at radius 2 is 1.86 bits per heavy atom. The van der Waals surface area contributed by atoms with Gasteiger partial charge in [-0.25, -0.2) is 0 Å². The number of aromatic nitrogens is 1. The molecule has 2 fully saturated rings. The smallest absolute Gasteiger partial charge is 0.251 e. The summed E-state index contributed by atoms with van der Waals surface area (Å²) < 4.78 is 5.91. The molecule has 0 unspecified atom stereocenters. The highest BCUT2D eigenvalue weighted by Crippen LogP contribution is 2.24. The zero-order valence-corrected chi connectivity index (χ0v) is 16.3. The number of ether oxygens (including phenoxy) is 1. The number of nitrogens with zero attached hydrogens (tertiary/aromatic N) is 1. The minimum Gasteiger partial charge on any atom is -0.394 e. The van der Waals surface area contributed by atoms with Crippen molar-refractivity contribution in [3.63, 3.8) is 0 Å². The lowest BCUT2D eigenvalue weighted by molar-refractivity contribution is -0.131. The van der Waals surface area contributed by atoms with Gasteiger partial charge in [0.25, 0.3) is 5.91 Å². The van der Waals surface area contributed by atoms with E-state index in [1.807, 2.05) is 0 Å². The largest absolute Gasteiger partial charge is 0.394 e. The summed E-state index contributed by atoms with van der Waals surface area (Å²) in [4.78, 5) is 28.5. The second-order valence-corrected chi connectivity index (χ2v) is 7.88. The Kier molecular flexibility index (Phi) is 7.80. The molecule has 1 aliphatic carbocycles. The molecule has 1 saturated carbocycles. The summed E-state index contributed by atoms with van der Waals surface area (Å²) in [5.74, 6) is 0.396. The van der Waals surface area contributed by atoms with Crippen molar-refractivity contribution in [3.8, 4) is 0 Å². The van der Waals surface area contributed by atoms with Gasteiger partial charge in [-0.2, -0.15) is 0 Å². The summed E-state index contributed by atoms with van der Waals surface area (Å²) in [6.45, 7) is 0.557. The zero-order valence-electron chi connectivity index (χ0n) is 16.3. The summed E-state index contributed by atoms with van der Waals surface area (Å²) in [5, 5.41) is 15.6. The molecule has 0 bridgehead atoms. The molecule has 3 rings (SSSR count). The number of amides is 2.